The molecule has 0 N–H and O–H groups in total. The first-order valence-electron chi connectivity index (χ1n) is 6.64. The van der Waals surface area contributed by atoms with E-state index in [1.54, 1.807) is 7.11 Å². The standard InChI is InChI=1S/C17H18N2O/c1-18-14-11-7-8-12-15(14)19(2)17(18)16(20-3)13-9-5-4-6-10-13/h4-12H,1-3H3. The highest BCUT2D eigenvalue weighted by Crippen LogP contribution is 2.41. The highest BCUT2D eigenvalue weighted by atomic mass is 16.5. The van der Waals surface area contributed by atoms with Gasteiger partial charge in [0, 0.05) is 19.7 Å². The summed E-state index contributed by atoms with van der Waals surface area (Å²) in [6.45, 7) is 0. The molecule has 1 aliphatic rings. The van der Waals surface area contributed by atoms with Gasteiger partial charge in [-0.3, -0.25) is 0 Å². The van der Waals surface area contributed by atoms with Crippen molar-refractivity contribution in [2.24, 2.45) is 0 Å². The average Bonchev–Trinajstić information content (AvgIpc) is 2.75. The Bertz CT molecular complexity index is 618. The zero-order chi connectivity index (χ0) is 14.1. The SMILES string of the molecule is COC(=C1N(C)c2ccccc2N1C)c1ccccc1. The van der Waals surface area contributed by atoms with Gasteiger partial charge < -0.3 is 14.5 Å². The summed E-state index contributed by atoms with van der Waals surface area (Å²) >= 11 is 0. The Balaban J connectivity index is 2.17. The number of nitrogens with zero attached hydrogens (tertiary/aromatic N) is 2. The summed E-state index contributed by atoms with van der Waals surface area (Å²) in [5.74, 6) is 1.94. The largest absolute Gasteiger partial charge is 0.492 e. The lowest BCUT2D eigenvalue weighted by Crippen LogP contribution is -2.24. The van der Waals surface area contributed by atoms with Crippen molar-refractivity contribution in [2.75, 3.05) is 31.0 Å². The van der Waals surface area contributed by atoms with Crippen LogP contribution >= 0.6 is 0 Å². The molecule has 0 aliphatic carbocycles. The van der Waals surface area contributed by atoms with Gasteiger partial charge in [0.2, 0.25) is 0 Å². The molecule has 2 aromatic carbocycles. The minimum absolute atomic E-state index is 0.881. The number of benzene rings is 2. The van der Waals surface area contributed by atoms with Gasteiger partial charge in [0.1, 0.15) is 0 Å². The van der Waals surface area contributed by atoms with Crippen LogP contribution in [0.2, 0.25) is 0 Å². The monoisotopic (exact) mass is 266 g/mol. The van der Waals surface area contributed by atoms with Crippen molar-refractivity contribution in [3.8, 4) is 0 Å². The summed E-state index contributed by atoms with van der Waals surface area (Å²) < 4.78 is 5.69. The van der Waals surface area contributed by atoms with Gasteiger partial charge >= 0.3 is 0 Å². The van der Waals surface area contributed by atoms with Gasteiger partial charge in [-0.05, 0) is 12.1 Å². The van der Waals surface area contributed by atoms with Crippen LogP contribution in [0.15, 0.2) is 60.4 Å². The zero-order valence-corrected chi connectivity index (χ0v) is 12.0. The maximum Gasteiger partial charge on any atom is 0.167 e. The van der Waals surface area contributed by atoms with Gasteiger partial charge in [-0.25, -0.2) is 0 Å². The Morgan fingerprint density at radius 1 is 0.800 bits per heavy atom. The molecule has 0 fully saturated rings. The van der Waals surface area contributed by atoms with Crippen LogP contribution in [0.5, 0.6) is 0 Å². The van der Waals surface area contributed by atoms with Crippen LogP contribution in [-0.2, 0) is 4.74 Å². The third-order valence-electron chi connectivity index (χ3n) is 3.68. The topological polar surface area (TPSA) is 15.7 Å². The quantitative estimate of drug-likeness (QED) is 0.773. The summed E-state index contributed by atoms with van der Waals surface area (Å²) in [7, 11) is 5.86. The Morgan fingerprint density at radius 2 is 1.30 bits per heavy atom. The second-order valence-corrected chi connectivity index (χ2v) is 4.83. The smallest absolute Gasteiger partial charge is 0.167 e. The molecule has 1 aliphatic heterocycles. The van der Waals surface area contributed by atoms with E-state index in [2.05, 4.69) is 60.3 Å². The van der Waals surface area contributed by atoms with Crippen molar-refractivity contribution >= 4 is 17.1 Å². The van der Waals surface area contributed by atoms with Crippen molar-refractivity contribution in [3.63, 3.8) is 0 Å². The van der Waals surface area contributed by atoms with Gasteiger partial charge in [-0.2, -0.15) is 0 Å². The number of para-hydroxylation sites is 2. The molecule has 1 heterocycles. The molecule has 102 valence electrons. The molecule has 3 heteroatoms. The first kappa shape index (κ1) is 12.6. The van der Waals surface area contributed by atoms with Crippen molar-refractivity contribution in [3.05, 3.63) is 66.0 Å². The number of rotatable bonds is 2. The molecule has 20 heavy (non-hydrogen) atoms. The zero-order valence-electron chi connectivity index (χ0n) is 12.0. The summed E-state index contributed by atoms with van der Waals surface area (Å²) in [5.41, 5.74) is 3.46. The van der Waals surface area contributed by atoms with Crippen molar-refractivity contribution in [1.29, 1.82) is 0 Å². The van der Waals surface area contributed by atoms with E-state index in [9.17, 15) is 0 Å². The number of methoxy groups -OCH3 is 1. The predicted molar refractivity (Wildman–Crippen MR) is 83.6 cm³/mol. The second kappa shape index (κ2) is 4.93. The molecule has 0 unspecified atom stereocenters. The molecule has 3 rings (SSSR count). The van der Waals surface area contributed by atoms with Crippen LogP contribution in [0.1, 0.15) is 5.56 Å². The molecule has 0 bridgehead atoms. The average molecular weight is 266 g/mol. The first-order valence-corrected chi connectivity index (χ1v) is 6.64. The van der Waals surface area contributed by atoms with Gasteiger partial charge in [0.25, 0.3) is 0 Å². The third-order valence-corrected chi connectivity index (χ3v) is 3.68. The van der Waals surface area contributed by atoms with Gasteiger partial charge in [-0.15, -0.1) is 0 Å². The maximum atomic E-state index is 5.69. The predicted octanol–water partition coefficient (Wildman–Crippen LogP) is 3.55. The molecule has 0 spiro atoms. The number of fused-ring (bicyclic) bond motifs is 1. The van der Waals surface area contributed by atoms with E-state index in [0.29, 0.717) is 0 Å². The second-order valence-electron chi connectivity index (χ2n) is 4.83. The summed E-state index contributed by atoms with van der Waals surface area (Å²) in [6, 6.07) is 18.6. The van der Waals surface area contributed by atoms with E-state index in [1.165, 1.54) is 11.4 Å². The molecule has 0 saturated carbocycles. The van der Waals surface area contributed by atoms with Crippen LogP contribution in [0.25, 0.3) is 5.76 Å². The Morgan fingerprint density at radius 3 is 1.80 bits per heavy atom. The van der Waals surface area contributed by atoms with E-state index < -0.39 is 0 Å². The van der Waals surface area contributed by atoms with Gasteiger partial charge in [0.15, 0.2) is 11.6 Å². The minimum Gasteiger partial charge on any atom is -0.492 e. The minimum atomic E-state index is 0.881. The fourth-order valence-corrected chi connectivity index (χ4v) is 2.72. The fourth-order valence-electron chi connectivity index (χ4n) is 2.72. The lowest BCUT2D eigenvalue weighted by atomic mass is 10.2. The first-order chi connectivity index (χ1) is 9.74. The van der Waals surface area contributed by atoms with Gasteiger partial charge in [0.05, 0.1) is 18.5 Å². The van der Waals surface area contributed by atoms with Crippen LogP contribution in [0.4, 0.5) is 11.4 Å². The fraction of sp³-hybridized carbons (Fsp3) is 0.176. The van der Waals surface area contributed by atoms with Crippen LogP contribution in [-0.4, -0.2) is 21.2 Å². The molecule has 0 atom stereocenters. The number of hydrogen-bond acceptors (Lipinski definition) is 3. The van der Waals surface area contributed by atoms with Crippen LogP contribution in [0, 0.1) is 0 Å². The van der Waals surface area contributed by atoms with E-state index in [1.807, 2.05) is 18.2 Å². The number of ether oxygens (including phenoxy) is 1. The van der Waals surface area contributed by atoms with Crippen LogP contribution < -0.4 is 9.80 Å². The molecular weight excluding hydrogens is 248 g/mol. The van der Waals surface area contributed by atoms with Crippen molar-refractivity contribution in [2.45, 2.75) is 0 Å². The molecule has 0 amide bonds. The molecule has 2 aromatic rings. The number of anilines is 2. The Hall–Kier alpha value is -2.42. The Labute approximate surface area is 119 Å². The lowest BCUT2D eigenvalue weighted by molar-refractivity contribution is 0.365. The van der Waals surface area contributed by atoms with Crippen molar-refractivity contribution in [1.82, 2.24) is 0 Å². The van der Waals surface area contributed by atoms with Crippen LogP contribution in [0.3, 0.4) is 0 Å². The van der Waals surface area contributed by atoms with Crippen molar-refractivity contribution < 1.29 is 4.74 Å². The van der Waals surface area contributed by atoms with Gasteiger partial charge in [-0.1, -0.05) is 42.5 Å². The molecule has 0 saturated heterocycles. The summed E-state index contributed by atoms with van der Waals surface area (Å²) in [4.78, 5) is 4.34. The van der Waals surface area contributed by atoms with E-state index in [-0.39, 0.29) is 0 Å². The lowest BCUT2D eigenvalue weighted by Gasteiger charge is -2.22. The van der Waals surface area contributed by atoms with E-state index in [0.717, 1.165) is 17.1 Å². The molecule has 0 radical (unpaired) electrons. The van der Waals surface area contributed by atoms with E-state index >= 15 is 0 Å². The summed E-state index contributed by atoms with van der Waals surface area (Å²) in [6.07, 6.45) is 0. The highest BCUT2D eigenvalue weighted by molar-refractivity contribution is 5.86. The molecule has 0 aromatic heterocycles. The normalized spacial score (nSPS) is 13.4. The molecule has 3 nitrogen and oxygen atoms in total. The summed E-state index contributed by atoms with van der Waals surface area (Å²) in [5, 5.41) is 0. The molecular formula is C17H18N2O. The van der Waals surface area contributed by atoms with E-state index in [4.69, 9.17) is 4.74 Å². The maximum absolute atomic E-state index is 5.69. The highest BCUT2D eigenvalue weighted by Gasteiger charge is 2.29. The Kier molecular flexibility index (Phi) is 3.11. The number of hydrogen-bond donors (Lipinski definition) is 0. The third kappa shape index (κ3) is 1.83.